The monoisotopic (exact) mass is 363 g/mol. The third kappa shape index (κ3) is 3.82. The van der Waals surface area contributed by atoms with Gasteiger partial charge in [-0.2, -0.15) is 5.10 Å². The van der Waals surface area contributed by atoms with Crippen LogP contribution in [0.5, 0.6) is 5.75 Å². The van der Waals surface area contributed by atoms with Crippen LogP contribution in [-0.2, 0) is 0 Å². The summed E-state index contributed by atoms with van der Waals surface area (Å²) in [4.78, 5) is 10.3. The maximum absolute atomic E-state index is 10.7. The van der Waals surface area contributed by atoms with Crippen LogP contribution in [0.3, 0.4) is 0 Å². The minimum absolute atomic E-state index is 0.0186. The lowest BCUT2D eigenvalue weighted by Crippen LogP contribution is -2.00. The molecule has 0 spiro atoms. The fraction of sp³-hybridized carbons (Fsp3) is 0.133. The van der Waals surface area contributed by atoms with Crippen molar-refractivity contribution in [2.75, 3.05) is 12.5 Å². The quantitative estimate of drug-likeness (QED) is 0.490. The summed E-state index contributed by atoms with van der Waals surface area (Å²) in [6, 6.07) is 11.8. The lowest BCUT2D eigenvalue weighted by atomic mass is 10.1. The van der Waals surface area contributed by atoms with Crippen molar-refractivity contribution in [1.29, 1.82) is 0 Å². The zero-order valence-electron chi connectivity index (χ0n) is 12.0. The van der Waals surface area contributed by atoms with Gasteiger partial charge in [-0.25, -0.2) is 0 Å². The molecule has 22 heavy (non-hydrogen) atoms. The SMILES string of the molecule is COc1ccc(/C(C)=N\Nc2cccc([N+](=O)[O-])c2)cc1Br. The smallest absolute Gasteiger partial charge is 0.271 e. The van der Waals surface area contributed by atoms with Crippen LogP contribution in [0.25, 0.3) is 0 Å². The van der Waals surface area contributed by atoms with Gasteiger partial charge < -0.3 is 4.74 Å². The molecule has 7 heteroatoms. The number of rotatable bonds is 5. The van der Waals surface area contributed by atoms with Gasteiger partial charge >= 0.3 is 0 Å². The third-order valence-electron chi connectivity index (χ3n) is 2.98. The molecule has 2 aromatic rings. The van der Waals surface area contributed by atoms with Crippen LogP contribution in [0.1, 0.15) is 12.5 Å². The zero-order valence-corrected chi connectivity index (χ0v) is 13.6. The Hall–Kier alpha value is -2.41. The molecule has 0 radical (unpaired) electrons. The third-order valence-corrected chi connectivity index (χ3v) is 3.60. The summed E-state index contributed by atoms with van der Waals surface area (Å²) in [6.07, 6.45) is 0. The zero-order chi connectivity index (χ0) is 16.1. The van der Waals surface area contributed by atoms with Crippen LogP contribution in [0, 0.1) is 10.1 Å². The first-order valence-electron chi connectivity index (χ1n) is 6.40. The molecule has 6 nitrogen and oxygen atoms in total. The van der Waals surface area contributed by atoms with Crippen molar-refractivity contribution in [2.24, 2.45) is 5.10 Å². The van der Waals surface area contributed by atoms with Crippen molar-refractivity contribution in [3.63, 3.8) is 0 Å². The van der Waals surface area contributed by atoms with Crippen molar-refractivity contribution >= 4 is 33.0 Å². The number of hydrogen-bond donors (Lipinski definition) is 1. The maximum Gasteiger partial charge on any atom is 0.271 e. The minimum Gasteiger partial charge on any atom is -0.496 e. The minimum atomic E-state index is -0.442. The van der Waals surface area contributed by atoms with E-state index < -0.39 is 4.92 Å². The highest BCUT2D eigenvalue weighted by molar-refractivity contribution is 9.10. The van der Waals surface area contributed by atoms with Crippen LogP contribution in [-0.4, -0.2) is 17.7 Å². The predicted molar refractivity (Wildman–Crippen MR) is 89.6 cm³/mol. The number of ether oxygens (including phenoxy) is 1. The molecule has 0 atom stereocenters. The van der Waals surface area contributed by atoms with Crippen LogP contribution >= 0.6 is 15.9 Å². The first kappa shape index (κ1) is 16.0. The van der Waals surface area contributed by atoms with Crippen LogP contribution in [0.4, 0.5) is 11.4 Å². The number of nitrogens with zero attached hydrogens (tertiary/aromatic N) is 2. The van der Waals surface area contributed by atoms with Crippen molar-refractivity contribution in [3.05, 3.63) is 62.6 Å². The van der Waals surface area contributed by atoms with Gasteiger partial charge in [-0.3, -0.25) is 15.5 Å². The van der Waals surface area contributed by atoms with Crippen LogP contribution in [0.15, 0.2) is 52.0 Å². The summed E-state index contributed by atoms with van der Waals surface area (Å²) >= 11 is 3.42. The lowest BCUT2D eigenvalue weighted by molar-refractivity contribution is -0.384. The number of halogens is 1. The largest absolute Gasteiger partial charge is 0.496 e. The molecule has 0 unspecified atom stereocenters. The Kier molecular flexibility index (Phi) is 5.11. The van der Waals surface area contributed by atoms with Crippen LogP contribution in [0.2, 0.25) is 0 Å². The Morgan fingerprint density at radius 2 is 2.09 bits per heavy atom. The average molecular weight is 364 g/mol. The fourth-order valence-electron chi connectivity index (χ4n) is 1.79. The molecule has 0 bridgehead atoms. The van der Waals surface area contributed by atoms with E-state index in [0.717, 1.165) is 21.5 Å². The molecule has 0 aromatic heterocycles. The molecular formula is C15H14BrN3O3. The molecule has 1 N–H and O–H groups in total. The molecule has 0 saturated heterocycles. The number of anilines is 1. The highest BCUT2D eigenvalue weighted by Crippen LogP contribution is 2.26. The Morgan fingerprint density at radius 1 is 1.32 bits per heavy atom. The lowest BCUT2D eigenvalue weighted by Gasteiger charge is -2.07. The van der Waals surface area contributed by atoms with Gasteiger partial charge in [0.05, 0.1) is 27.9 Å². The number of nitro groups is 1. The fourth-order valence-corrected chi connectivity index (χ4v) is 2.33. The summed E-state index contributed by atoms with van der Waals surface area (Å²) in [7, 11) is 1.60. The number of benzene rings is 2. The maximum atomic E-state index is 10.7. The molecule has 2 rings (SSSR count). The summed E-state index contributed by atoms with van der Waals surface area (Å²) in [5.74, 6) is 0.739. The number of nitro benzene ring substituents is 1. The summed E-state index contributed by atoms with van der Waals surface area (Å²) in [5, 5.41) is 15.0. The van der Waals surface area contributed by atoms with E-state index in [9.17, 15) is 10.1 Å². The van der Waals surface area contributed by atoms with Gasteiger partial charge in [0.25, 0.3) is 5.69 Å². The highest BCUT2D eigenvalue weighted by Gasteiger charge is 2.06. The van der Waals surface area contributed by atoms with Gasteiger partial charge in [0, 0.05) is 12.1 Å². The molecule has 0 saturated carbocycles. The molecule has 0 aliphatic carbocycles. The van der Waals surface area contributed by atoms with Gasteiger partial charge in [0.2, 0.25) is 0 Å². The van der Waals surface area contributed by atoms with E-state index >= 15 is 0 Å². The van der Waals surface area contributed by atoms with Crippen LogP contribution < -0.4 is 10.2 Å². The average Bonchev–Trinajstić information content (AvgIpc) is 2.52. The first-order chi connectivity index (χ1) is 10.5. The summed E-state index contributed by atoms with van der Waals surface area (Å²) < 4.78 is 6.01. The van der Waals surface area contributed by atoms with E-state index in [1.165, 1.54) is 12.1 Å². The van der Waals surface area contributed by atoms with Gasteiger partial charge in [0.1, 0.15) is 5.75 Å². The van der Waals surface area contributed by atoms with Crippen molar-refractivity contribution < 1.29 is 9.66 Å². The Labute approximate surface area is 136 Å². The normalized spacial score (nSPS) is 11.1. The molecule has 0 aliphatic rings. The molecule has 2 aromatic carbocycles. The second-order valence-electron chi connectivity index (χ2n) is 4.47. The standard InChI is InChI=1S/C15H14BrN3O3/c1-10(11-6-7-15(22-2)14(16)8-11)17-18-12-4-3-5-13(9-12)19(20)21/h3-9,18H,1-2H3/b17-10-. The van der Waals surface area contributed by atoms with Crippen molar-refractivity contribution in [1.82, 2.24) is 0 Å². The number of methoxy groups -OCH3 is 1. The Bertz CT molecular complexity index is 732. The number of hydrogen-bond acceptors (Lipinski definition) is 5. The molecule has 0 amide bonds. The number of nitrogens with one attached hydrogen (secondary N) is 1. The van der Waals surface area contributed by atoms with E-state index in [-0.39, 0.29) is 5.69 Å². The second-order valence-corrected chi connectivity index (χ2v) is 5.32. The number of hydrazone groups is 1. The first-order valence-corrected chi connectivity index (χ1v) is 7.19. The van der Waals surface area contributed by atoms with E-state index in [2.05, 4.69) is 26.5 Å². The highest BCUT2D eigenvalue weighted by atomic mass is 79.9. The topological polar surface area (TPSA) is 76.8 Å². The van der Waals surface area contributed by atoms with Gasteiger partial charge in [-0.15, -0.1) is 0 Å². The Balaban J connectivity index is 2.17. The van der Waals surface area contributed by atoms with Gasteiger partial charge in [-0.1, -0.05) is 6.07 Å². The van der Waals surface area contributed by atoms with Gasteiger partial charge in [0.15, 0.2) is 0 Å². The van der Waals surface area contributed by atoms with E-state index in [0.29, 0.717) is 5.69 Å². The summed E-state index contributed by atoms with van der Waals surface area (Å²) in [6.45, 7) is 1.85. The predicted octanol–water partition coefficient (Wildman–Crippen LogP) is 4.20. The molecular weight excluding hydrogens is 350 g/mol. The molecule has 114 valence electrons. The Morgan fingerprint density at radius 3 is 2.73 bits per heavy atom. The van der Waals surface area contributed by atoms with Gasteiger partial charge in [-0.05, 0) is 52.7 Å². The second kappa shape index (κ2) is 7.04. The molecule has 0 aliphatic heterocycles. The molecule has 0 fully saturated rings. The van der Waals surface area contributed by atoms with E-state index in [1.807, 2.05) is 25.1 Å². The van der Waals surface area contributed by atoms with Crippen molar-refractivity contribution in [2.45, 2.75) is 6.92 Å². The van der Waals surface area contributed by atoms with E-state index in [1.54, 1.807) is 19.2 Å². The molecule has 0 heterocycles. The van der Waals surface area contributed by atoms with E-state index in [4.69, 9.17) is 4.74 Å². The van der Waals surface area contributed by atoms with Crippen molar-refractivity contribution in [3.8, 4) is 5.75 Å². The number of non-ortho nitro benzene ring substituents is 1. The summed E-state index contributed by atoms with van der Waals surface area (Å²) in [5.41, 5.74) is 5.05.